The fourth-order valence-electron chi connectivity index (χ4n) is 3.44. The van der Waals surface area contributed by atoms with E-state index in [0.29, 0.717) is 5.56 Å². The molecule has 4 heteroatoms. The Balaban J connectivity index is 1.45. The largest absolute Gasteiger partial charge is 0.472 e. The Hall–Kier alpha value is -1.29. The minimum absolute atomic E-state index is 0.107. The maximum Gasteiger partial charge on any atom is 0.257 e. The maximum absolute atomic E-state index is 12.2. The van der Waals surface area contributed by atoms with Crippen molar-refractivity contribution < 1.29 is 9.21 Å². The third-order valence-corrected chi connectivity index (χ3v) is 4.67. The zero-order valence-corrected chi connectivity index (χ0v) is 12.1. The van der Waals surface area contributed by atoms with Crippen LogP contribution in [0.25, 0.3) is 0 Å². The van der Waals surface area contributed by atoms with E-state index in [0.717, 1.165) is 32.1 Å². The van der Waals surface area contributed by atoms with Crippen LogP contribution in [-0.2, 0) is 0 Å². The number of amides is 1. The first-order valence-electron chi connectivity index (χ1n) is 7.87. The number of rotatable bonds is 3. The van der Waals surface area contributed by atoms with Crippen molar-refractivity contribution >= 4 is 5.91 Å². The summed E-state index contributed by atoms with van der Waals surface area (Å²) in [7, 11) is 0. The summed E-state index contributed by atoms with van der Waals surface area (Å²) < 4.78 is 4.99. The first kappa shape index (κ1) is 13.7. The van der Waals surface area contributed by atoms with Crippen molar-refractivity contribution in [2.75, 3.05) is 32.7 Å². The second kappa shape index (κ2) is 6.44. The van der Waals surface area contributed by atoms with E-state index < -0.39 is 0 Å². The summed E-state index contributed by atoms with van der Waals surface area (Å²) in [4.78, 5) is 16.7. The van der Waals surface area contributed by atoms with Gasteiger partial charge in [-0.15, -0.1) is 0 Å². The van der Waals surface area contributed by atoms with Crippen molar-refractivity contribution in [3.05, 3.63) is 24.2 Å². The quantitative estimate of drug-likeness (QED) is 0.851. The summed E-state index contributed by atoms with van der Waals surface area (Å²) in [5, 5.41) is 0. The smallest absolute Gasteiger partial charge is 0.257 e. The number of piperazine rings is 1. The summed E-state index contributed by atoms with van der Waals surface area (Å²) in [6, 6.07) is 1.75. The molecular formula is C16H24N2O2. The minimum atomic E-state index is 0.107. The molecule has 2 fully saturated rings. The van der Waals surface area contributed by atoms with E-state index in [2.05, 4.69) is 4.90 Å². The number of hydrogen-bond acceptors (Lipinski definition) is 3. The van der Waals surface area contributed by atoms with Gasteiger partial charge in [-0.3, -0.25) is 9.69 Å². The molecule has 3 rings (SSSR count). The molecule has 1 saturated carbocycles. The lowest BCUT2D eigenvalue weighted by Gasteiger charge is -2.37. The number of carbonyl (C=O) groups is 1. The van der Waals surface area contributed by atoms with Crippen LogP contribution in [0.4, 0.5) is 0 Å². The Morgan fingerprint density at radius 2 is 1.90 bits per heavy atom. The van der Waals surface area contributed by atoms with Crippen LogP contribution in [-0.4, -0.2) is 48.4 Å². The SMILES string of the molecule is O=C(c1ccoc1)N1CCN(CC2CCCCC2)CC1. The van der Waals surface area contributed by atoms with Crippen molar-refractivity contribution in [3.63, 3.8) is 0 Å². The zero-order valence-electron chi connectivity index (χ0n) is 12.1. The van der Waals surface area contributed by atoms with Crippen molar-refractivity contribution in [1.29, 1.82) is 0 Å². The Kier molecular flexibility index (Phi) is 4.41. The predicted molar refractivity (Wildman–Crippen MR) is 77.6 cm³/mol. The average Bonchev–Trinajstić information content (AvgIpc) is 3.03. The van der Waals surface area contributed by atoms with Crippen LogP contribution < -0.4 is 0 Å². The van der Waals surface area contributed by atoms with Gasteiger partial charge in [-0.1, -0.05) is 19.3 Å². The normalized spacial score (nSPS) is 22.1. The van der Waals surface area contributed by atoms with E-state index in [1.165, 1.54) is 44.9 Å². The molecule has 2 heterocycles. The highest BCUT2D eigenvalue weighted by Gasteiger charge is 2.24. The molecule has 1 aliphatic carbocycles. The van der Waals surface area contributed by atoms with Crippen LogP contribution in [0.2, 0.25) is 0 Å². The van der Waals surface area contributed by atoms with E-state index in [9.17, 15) is 4.79 Å². The molecule has 4 nitrogen and oxygen atoms in total. The predicted octanol–water partition coefficient (Wildman–Crippen LogP) is 2.62. The van der Waals surface area contributed by atoms with Crippen LogP contribution in [0.3, 0.4) is 0 Å². The topological polar surface area (TPSA) is 36.7 Å². The molecule has 1 aliphatic heterocycles. The minimum Gasteiger partial charge on any atom is -0.472 e. The van der Waals surface area contributed by atoms with Crippen LogP contribution in [0.15, 0.2) is 23.0 Å². The first-order valence-corrected chi connectivity index (χ1v) is 7.87. The van der Waals surface area contributed by atoms with Gasteiger partial charge in [0.1, 0.15) is 6.26 Å². The summed E-state index contributed by atoms with van der Waals surface area (Å²) in [6.45, 7) is 4.95. The van der Waals surface area contributed by atoms with Gasteiger partial charge in [0.05, 0.1) is 11.8 Å². The van der Waals surface area contributed by atoms with E-state index in [-0.39, 0.29) is 5.91 Å². The molecule has 2 aliphatic rings. The second-order valence-corrected chi connectivity index (χ2v) is 6.11. The fourth-order valence-corrected chi connectivity index (χ4v) is 3.44. The Morgan fingerprint density at radius 3 is 2.55 bits per heavy atom. The zero-order chi connectivity index (χ0) is 13.8. The summed E-state index contributed by atoms with van der Waals surface area (Å²) in [5.41, 5.74) is 0.672. The molecule has 0 aromatic carbocycles. The van der Waals surface area contributed by atoms with E-state index in [1.54, 1.807) is 12.3 Å². The number of nitrogens with zero attached hydrogens (tertiary/aromatic N) is 2. The number of furan rings is 1. The summed E-state index contributed by atoms with van der Waals surface area (Å²) in [6.07, 6.45) is 10.1. The molecule has 0 radical (unpaired) electrons. The molecular weight excluding hydrogens is 252 g/mol. The highest BCUT2D eigenvalue weighted by molar-refractivity contribution is 5.93. The molecule has 1 aromatic heterocycles. The lowest BCUT2D eigenvalue weighted by molar-refractivity contribution is 0.0605. The molecule has 1 saturated heterocycles. The third-order valence-electron chi connectivity index (χ3n) is 4.67. The van der Waals surface area contributed by atoms with Gasteiger partial charge in [0.25, 0.3) is 5.91 Å². The molecule has 1 amide bonds. The summed E-state index contributed by atoms with van der Waals surface area (Å²) >= 11 is 0. The molecule has 0 N–H and O–H groups in total. The van der Waals surface area contributed by atoms with Crippen molar-refractivity contribution in [3.8, 4) is 0 Å². The van der Waals surface area contributed by atoms with Gasteiger partial charge in [0, 0.05) is 32.7 Å². The van der Waals surface area contributed by atoms with Gasteiger partial charge < -0.3 is 9.32 Å². The second-order valence-electron chi connectivity index (χ2n) is 6.11. The van der Waals surface area contributed by atoms with E-state index in [4.69, 9.17) is 4.42 Å². The Bertz CT molecular complexity index is 416. The van der Waals surface area contributed by atoms with Gasteiger partial charge in [-0.2, -0.15) is 0 Å². The standard InChI is InChI=1S/C16H24N2O2/c19-16(15-6-11-20-13-15)18-9-7-17(8-10-18)12-14-4-2-1-3-5-14/h6,11,13-14H,1-5,7-10,12H2. The van der Waals surface area contributed by atoms with E-state index in [1.807, 2.05) is 4.90 Å². The van der Waals surface area contributed by atoms with Gasteiger partial charge in [0.2, 0.25) is 0 Å². The lowest BCUT2D eigenvalue weighted by atomic mass is 9.89. The Labute approximate surface area is 120 Å². The first-order chi connectivity index (χ1) is 9.83. The maximum atomic E-state index is 12.2. The molecule has 0 spiro atoms. The van der Waals surface area contributed by atoms with Crippen LogP contribution in [0.1, 0.15) is 42.5 Å². The van der Waals surface area contributed by atoms with Gasteiger partial charge >= 0.3 is 0 Å². The highest BCUT2D eigenvalue weighted by atomic mass is 16.3. The molecule has 1 aromatic rings. The van der Waals surface area contributed by atoms with Crippen LogP contribution in [0, 0.1) is 5.92 Å². The van der Waals surface area contributed by atoms with E-state index >= 15 is 0 Å². The van der Waals surface area contributed by atoms with Crippen LogP contribution in [0.5, 0.6) is 0 Å². The molecule has 20 heavy (non-hydrogen) atoms. The van der Waals surface area contributed by atoms with Gasteiger partial charge in [-0.25, -0.2) is 0 Å². The third kappa shape index (κ3) is 3.23. The lowest BCUT2D eigenvalue weighted by Crippen LogP contribution is -2.49. The number of carbonyl (C=O) groups excluding carboxylic acids is 1. The molecule has 0 atom stereocenters. The highest BCUT2D eigenvalue weighted by Crippen LogP contribution is 2.24. The molecule has 0 bridgehead atoms. The average molecular weight is 276 g/mol. The Morgan fingerprint density at radius 1 is 1.15 bits per heavy atom. The van der Waals surface area contributed by atoms with Crippen molar-refractivity contribution in [2.24, 2.45) is 5.92 Å². The number of hydrogen-bond donors (Lipinski definition) is 0. The molecule has 0 unspecified atom stereocenters. The van der Waals surface area contributed by atoms with Gasteiger partial charge in [0.15, 0.2) is 0 Å². The van der Waals surface area contributed by atoms with Crippen molar-refractivity contribution in [2.45, 2.75) is 32.1 Å². The van der Waals surface area contributed by atoms with Crippen molar-refractivity contribution in [1.82, 2.24) is 9.80 Å². The monoisotopic (exact) mass is 276 g/mol. The summed E-state index contributed by atoms with van der Waals surface area (Å²) in [5.74, 6) is 0.996. The van der Waals surface area contributed by atoms with Gasteiger partial charge in [-0.05, 0) is 24.8 Å². The molecule has 110 valence electrons. The van der Waals surface area contributed by atoms with Crippen LogP contribution >= 0.6 is 0 Å². The fraction of sp³-hybridized carbons (Fsp3) is 0.688.